The molecule has 6 nitrogen and oxygen atoms in total. The highest BCUT2D eigenvalue weighted by Crippen LogP contribution is 2.37. The average molecular weight is 534 g/mol. The van der Waals surface area contributed by atoms with Gasteiger partial charge in [0, 0.05) is 29.6 Å². The van der Waals surface area contributed by atoms with Crippen molar-refractivity contribution in [3.05, 3.63) is 70.4 Å². The molecule has 3 aromatic heterocycles. The van der Waals surface area contributed by atoms with E-state index in [0.29, 0.717) is 29.7 Å². The fourth-order valence-electron chi connectivity index (χ4n) is 3.66. The van der Waals surface area contributed by atoms with Gasteiger partial charge < -0.3 is 10.1 Å². The lowest BCUT2D eigenvalue weighted by atomic mass is 10.0. The number of hydrogen-bond acceptors (Lipinski definition) is 6. The van der Waals surface area contributed by atoms with Gasteiger partial charge in [-0.1, -0.05) is 38.6 Å². The maximum absolute atomic E-state index is 15.1. The maximum Gasteiger partial charge on any atom is 0.316 e. The van der Waals surface area contributed by atoms with Crippen LogP contribution in [0.3, 0.4) is 0 Å². The average Bonchev–Trinajstić information content (AvgIpc) is 2.85. The molecule has 0 bridgehead atoms. The van der Waals surface area contributed by atoms with Crippen LogP contribution in [0.2, 0.25) is 5.02 Å². The number of anilines is 1. The monoisotopic (exact) mass is 533 g/mol. The summed E-state index contributed by atoms with van der Waals surface area (Å²) in [6.07, 6.45) is 3.79. The molecule has 0 aliphatic carbocycles. The van der Waals surface area contributed by atoms with Crippen molar-refractivity contribution < 1.29 is 17.9 Å². The van der Waals surface area contributed by atoms with Crippen molar-refractivity contribution in [2.45, 2.75) is 26.3 Å². The zero-order chi connectivity index (χ0) is 26.0. The number of nitrogens with one attached hydrogen (secondary N) is 1. The van der Waals surface area contributed by atoms with Gasteiger partial charge in [-0.25, -0.2) is 33.1 Å². The third-order valence-electron chi connectivity index (χ3n) is 5.46. The second kappa shape index (κ2) is 10.9. The molecule has 1 unspecified atom stereocenters. The molecular weight excluding hydrogens is 510 g/mol. The molecular formula is C25H24ClF3N5OP. The molecule has 0 amide bonds. The minimum absolute atomic E-state index is 0.00274. The van der Waals surface area contributed by atoms with E-state index in [9.17, 15) is 8.78 Å². The fraction of sp³-hybridized carbons (Fsp3) is 0.280. The molecule has 188 valence electrons. The maximum atomic E-state index is 15.1. The first-order valence-corrected chi connectivity index (χ1v) is 14.0. The Bertz CT molecular complexity index is 1410. The molecule has 1 aromatic carbocycles. The summed E-state index contributed by atoms with van der Waals surface area (Å²) in [7, 11) is -0.285. The normalized spacial score (nSPS) is 12.2. The number of ether oxygens (including phenoxy) is 1. The number of rotatable bonds is 8. The van der Waals surface area contributed by atoms with Gasteiger partial charge >= 0.3 is 6.01 Å². The first-order chi connectivity index (χ1) is 17.2. The largest absolute Gasteiger partial charge is 0.459 e. The van der Waals surface area contributed by atoms with E-state index in [2.05, 4.69) is 38.6 Å². The summed E-state index contributed by atoms with van der Waals surface area (Å²) >= 11 is 6.58. The molecule has 0 aliphatic rings. The Kier molecular flexibility index (Phi) is 7.91. The quantitative estimate of drug-likeness (QED) is 0.243. The van der Waals surface area contributed by atoms with Crippen LogP contribution in [0.15, 0.2) is 36.7 Å². The summed E-state index contributed by atoms with van der Waals surface area (Å²) in [6, 6.07) is 4.83. The van der Waals surface area contributed by atoms with E-state index in [-0.39, 0.29) is 41.2 Å². The van der Waals surface area contributed by atoms with Gasteiger partial charge in [0.25, 0.3) is 0 Å². The number of halogens is 4. The molecule has 0 saturated carbocycles. The third kappa shape index (κ3) is 5.37. The zero-order valence-corrected chi connectivity index (χ0v) is 21.8. The van der Waals surface area contributed by atoms with Crippen LogP contribution in [-0.4, -0.2) is 39.6 Å². The highest BCUT2D eigenvalue weighted by atomic mass is 35.5. The summed E-state index contributed by atoms with van der Waals surface area (Å²) < 4.78 is 49.1. The smallest absolute Gasteiger partial charge is 0.316 e. The van der Waals surface area contributed by atoms with Gasteiger partial charge in [0.2, 0.25) is 0 Å². The minimum atomic E-state index is -0.945. The van der Waals surface area contributed by atoms with Crippen LogP contribution in [0.4, 0.5) is 18.9 Å². The molecule has 36 heavy (non-hydrogen) atoms. The van der Waals surface area contributed by atoms with Crippen LogP contribution in [0.25, 0.3) is 22.3 Å². The number of fused-ring (bicyclic) bond motifs is 1. The lowest BCUT2D eigenvalue weighted by molar-refractivity contribution is 0.356. The van der Waals surface area contributed by atoms with E-state index in [0.717, 1.165) is 6.07 Å². The first-order valence-electron chi connectivity index (χ1n) is 11.2. The van der Waals surface area contributed by atoms with Crippen molar-refractivity contribution >= 4 is 36.2 Å². The van der Waals surface area contributed by atoms with Crippen LogP contribution >= 0.6 is 19.5 Å². The van der Waals surface area contributed by atoms with Crippen molar-refractivity contribution in [1.29, 1.82) is 0 Å². The molecule has 0 fully saturated rings. The van der Waals surface area contributed by atoms with E-state index in [1.807, 2.05) is 6.92 Å². The van der Waals surface area contributed by atoms with E-state index < -0.39 is 23.5 Å². The van der Waals surface area contributed by atoms with Gasteiger partial charge in [-0.15, -0.1) is 0 Å². The van der Waals surface area contributed by atoms with E-state index in [1.165, 1.54) is 30.6 Å². The van der Waals surface area contributed by atoms with Crippen LogP contribution in [-0.2, 0) is 0 Å². The topological polar surface area (TPSA) is 72.8 Å². The Balaban J connectivity index is 1.78. The summed E-state index contributed by atoms with van der Waals surface area (Å²) in [5.41, 5.74) is 1.80. The highest BCUT2D eigenvalue weighted by Gasteiger charge is 2.22. The fourth-order valence-corrected chi connectivity index (χ4v) is 4.22. The Morgan fingerprint density at radius 1 is 1.08 bits per heavy atom. The predicted molar refractivity (Wildman–Crippen MR) is 138 cm³/mol. The summed E-state index contributed by atoms with van der Waals surface area (Å²) in [5, 5.41) is 3.44. The standard InChI is InChI=1S/C25H24ClF3N5OP/c1-5-18(15-7-6-8-16(27)21(15)29)33-24-20(26)13(2)32-19-9-17(28)22(34-23(19)24)14-10-30-25(31-11-14)35-12-36(3)4/h6-11,18H,5,12H2,1-4H3,(H,32,33). The second-order valence-corrected chi connectivity index (χ2v) is 11.2. The molecule has 0 spiro atoms. The minimum Gasteiger partial charge on any atom is -0.459 e. The van der Waals surface area contributed by atoms with Crippen molar-refractivity contribution in [2.75, 3.05) is 25.0 Å². The number of benzene rings is 1. The van der Waals surface area contributed by atoms with Gasteiger partial charge in [-0.3, -0.25) is 0 Å². The Morgan fingerprint density at radius 2 is 1.81 bits per heavy atom. The van der Waals surface area contributed by atoms with Gasteiger partial charge in [-0.2, -0.15) is 0 Å². The highest BCUT2D eigenvalue weighted by molar-refractivity contribution is 7.55. The molecule has 11 heteroatoms. The molecule has 4 aromatic rings. The van der Waals surface area contributed by atoms with Crippen LogP contribution < -0.4 is 10.1 Å². The number of hydrogen-bond donors (Lipinski definition) is 1. The molecule has 1 atom stereocenters. The first kappa shape index (κ1) is 26.0. The van der Waals surface area contributed by atoms with E-state index >= 15 is 4.39 Å². The van der Waals surface area contributed by atoms with Crippen molar-refractivity contribution in [3.8, 4) is 17.3 Å². The van der Waals surface area contributed by atoms with Crippen molar-refractivity contribution in [1.82, 2.24) is 19.9 Å². The van der Waals surface area contributed by atoms with Gasteiger partial charge in [0.1, 0.15) is 17.6 Å². The SMILES string of the molecule is CCC(Nc1c(Cl)c(C)nc2cc(F)c(-c3cnc(OCP(C)C)nc3)nc12)c1cccc(F)c1F. The lowest BCUT2D eigenvalue weighted by Crippen LogP contribution is -2.14. The number of pyridine rings is 2. The third-order valence-corrected chi connectivity index (χ3v) is 6.56. The molecule has 4 rings (SSSR count). The summed E-state index contributed by atoms with van der Waals surface area (Å²) in [4.78, 5) is 17.2. The molecule has 1 N–H and O–H groups in total. The van der Waals surface area contributed by atoms with Crippen LogP contribution in [0.1, 0.15) is 30.6 Å². The second-order valence-electron chi connectivity index (χ2n) is 8.43. The van der Waals surface area contributed by atoms with Crippen LogP contribution in [0, 0.1) is 24.4 Å². The number of aryl methyl sites for hydroxylation is 1. The molecule has 0 radical (unpaired) electrons. The van der Waals surface area contributed by atoms with E-state index in [1.54, 1.807) is 6.92 Å². The predicted octanol–water partition coefficient (Wildman–Crippen LogP) is 7.11. The Labute approximate surface area is 213 Å². The summed E-state index contributed by atoms with van der Waals surface area (Å²) in [6.45, 7) is 7.63. The van der Waals surface area contributed by atoms with Gasteiger partial charge in [0.05, 0.1) is 28.0 Å². The lowest BCUT2D eigenvalue weighted by Gasteiger charge is -2.22. The van der Waals surface area contributed by atoms with Gasteiger partial charge in [0.15, 0.2) is 17.5 Å². The molecule has 0 aliphatic heterocycles. The number of nitrogens with zero attached hydrogens (tertiary/aromatic N) is 4. The molecule has 0 saturated heterocycles. The van der Waals surface area contributed by atoms with E-state index in [4.69, 9.17) is 16.3 Å². The van der Waals surface area contributed by atoms with Crippen LogP contribution in [0.5, 0.6) is 6.01 Å². The zero-order valence-electron chi connectivity index (χ0n) is 20.1. The van der Waals surface area contributed by atoms with Crippen molar-refractivity contribution in [2.24, 2.45) is 0 Å². The molecule has 3 heterocycles. The van der Waals surface area contributed by atoms with Gasteiger partial charge in [-0.05, 0) is 32.7 Å². The van der Waals surface area contributed by atoms with Crippen molar-refractivity contribution in [3.63, 3.8) is 0 Å². The number of aromatic nitrogens is 4. The Morgan fingerprint density at radius 3 is 2.47 bits per heavy atom. The summed E-state index contributed by atoms with van der Waals surface area (Å²) in [5.74, 6) is -2.51. The Hall–Kier alpha value is -3.03.